The Labute approximate surface area is 106 Å². The van der Waals surface area contributed by atoms with Gasteiger partial charge in [-0.25, -0.2) is 8.42 Å². The monoisotopic (exact) mass is 265 g/mol. The Balaban J connectivity index is 2.22. The van der Waals surface area contributed by atoms with Crippen LogP contribution in [0.5, 0.6) is 0 Å². The van der Waals surface area contributed by atoms with Crippen LogP contribution in [-0.4, -0.2) is 24.0 Å². The number of aromatic nitrogens is 2. The van der Waals surface area contributed by atoms with E-state index >= 15 is 0 Å². The highest BCUT2D eigenvalue weighted by Crippen LogP contribution is 2.19. The molecule has 0 saturated carbocycles. The van der Waals surface area contributed by atoms with E-state index < -0.39 is 9.84 Å². The molecule has 0 aliphatic heterocycles. The third-order valence-corrected chi connectivity index (χ3v) is 4.53. The van der Waals surface area contributed by atoms with Crippen LogP contribution in [0.2, 0.25) is 0 Å². The van der Waals surface area contributed by atoms with Crippen molar-refractivity contribution in [1.29, 1.82) is 0 Å². The Bertz CT molecular complexity index is 633. The van der Waals surface area contributed by atoms with Gasteiger partial charge >= 0.3 is 0 Å². The maximum Gasteiger partial charge on any atom is 0.180 e. The summed E-state index contributed by atoms with van der Waals surface area (Å²) >= 11 is 0. The van der Waals surface area contributed by atoms with Gasteiger partial charge in [-0.1, -0.05) is 6.07 Å². The minimum absolute atomic E-state index is 0.0129. The van der Waals surface area contributed by atoms with Crippen LogP contribution in [0.4, 0.5) is 5.69 Å². The Morgan fingerprint density at radius 3 is 2.83 bits per heavy atom. The molecule has 0 radical (unpaired) electrons. The van der Waals surface area contributed by atoms with Gasteiger partial charge in [-0.2, -0.15) is 5.10 Å². The third-order valence-electron chi connectivity index (χ3n) is 2.70. The third kappa shape index (κ3) is 2.70. The summed E-state index contributed by atoms with van der Waals surface area (Å²) in [6.45, 7) is 2.10. The summed E-state index contributed by atoms with van der Waals surface area (Å²) in [5.41, 5.74) is 6.80. The molecule has 0 aliphatic rings. The molecule has 0 bridgehead atoms. The second-order valence-corrected chi connectivity index (χ2v) is 6.19. The topological polar surface area (TPSA) is 78.0 Å². The second-order valence-electron chi connectivity index (χ2n) is 4.11. The average Bonchev–Trinajstić information content (AvgIpc) is 2.83. The van der Waals surface area contributed by atoms with Gasteiger partial charge in [0.05, 0.1) is 17.2 Å². The molecular weight excluding hydrogens is 250 g/mol. The molecule has 2 rings (SSSR count). The number of hydrogen-bond donors (Lipinski definition) is 1. The van der Waals surface area contributed by atoms with E-state index in [4.69, 9.17) is 5.73 Å². The minimum atomic E-state index is -3.33. The molecule has 1 heterocycles. The lowest BCUT2D eigenvalue weighted by Crippen LogP contribution is -2.14. The van der Waals surface area contributed by atoms with Gasteiger partial charge in [0.15, 0.2) is 9.84 Å². The summed E-state index contributed by atoms with van der Waals surface area (Å²) in [6.07, 6.45) is 3.36. The number of benzene rings is 1. The first kappa shape index (κ1) is 12.6. The van der Waals surface area contributed by atoms with Gasteiger partial charge in [0.1, 0.15) is 0 Å². The van der Waals surface area contributed by atoms with Crippen molar-refractivity contribution in [3.63, 3.8) is 0 Å². The Morgan fingerprint density at radius 2 is 2.17 bits per heavy atom. The van der Waals surface area contributed by atoms with E-state index in [0.29, 0.717) is 22.7 Å². The van der Waals surface area contributed by atoms with Crippen molar-refractivity contribution >= 4 is 15.5 Å². The summed E-state index contributed by atoms with van der Waals surface area (Å²) in [5.74, 6) is 0.0129. The van der Waals surface area contributed by atoms with Crippen LogP contribution in [0.3, 0.4) is 0 Å². The van der Waals surface area contributed by atoms with Crippen LogP contribution < -0.4 is 5.73 Å². The van der Waals surface area contributed by atoms with Crippen LogP contribution in [-0.2, 0) is 16.4 Å². The molecule has 0 unspecified atom stereocenters. The number of hydrogen-bond acceptors (Lipinski definition) is 4. The molecule has 96 valence electrons. The van der Waals surface area contributed by atoms with Crippen molar-refractivity contribution in [2.45, 2.75) is 18.4 Å². The number of aryl methyl sites for hydroxylation is 2. The van der Waals surface area contributed by atoms with Crippen LogP contribution in [0.15, 0.2) is 41.6 Å². The van der Waals surface area contributed by atoms with E-state index in [9.17, 15) is 8.42 Å². The van der Waals surface area contributed by atoms with Crippen LogP contribution >= 0.6 is 0 Å². The normalized spacial score (nSPS) is 11.6. The first-order valence-electron chi connectivity index (χ1n) is 5.55. The average molecular weight is 265 g/mol. The molecule has 0 atom stereocenters. The van der Waals surface area contributed by atoms with E-state index in [0.717, 1.165) is 0 Å². The Kier molecular flexibility index (Phi) is 3.38. The van der Waals surface area contributed by atoms with Gasteiger partial charge in [0, 0.05) is 18.1 Å². The Morgan fingerprint density at radius 1 is 1.39 bits per heavy atom. The summed E-state index contributed by atoms with van der Waals surface area (Å²) in [5, 5.41) is 3.98. The zero-order valence-electron chi connectivity index (χ0n) is 10.1. The smallest absolute Gasteiger partial charge is 0.180 e. The fourth-order valence-corrected chi connectivity index (χ4v) is 3.23. The molecule has 0 saturated heterocycles. The molecule has 0 amide bonds. The Hall–Kier alpha value is -1.82. The highest BCUT2D eigenvalue weighted by Gasteiger charge is 2.17. The van der Waals surface area contributed by atoms with Gasteiger partial charge in [0.25, 0.3) is 0 Å². The minimum Gasteiger partial charge on any atom is -0.399 e. The van der Waals surface area contributed by atoms with Gasteiger partial charge in [0.2, 0.25) is 0 Å². The molecule has 5 nitrogen and oxygen atoms in total. The second kappa shape index (κ2) is 4.81. The van der Waals surface area contributed by atoms with Crippen molar-refractivity contribution in [1.82, 2.24) is 9.78 Å². The molecule has 2 aromatic rings. The molecule has 6 heteroatoms. The van der Waals surface area contributed by atoms with Gasteiger partial charge < -0.3 is 5.73 Å². The predicted octanol–water partition coefficient (Wildman–Crippen LogP) is 1.25. The van der Waals surface area contributed by atoms with E-state index in [1.807, 2.05) is 0 Å². The molecule has 2 N–H and O–H groups in total. The lowest BCUT2D eigenvalue weighted by Gasteiger charge is -2.08. The van der Waals surface area contributed by atoms with E-state index in [1.165, 1.54) is 6.07 Å². The van der Waals surface area contributed by atoms with E-state index in [-0.39, 0.29) is 5.75 Å². The fourth-order valence-electron chi connectivity index (χ4n) is 1.71. The SMILES string of the molecule is Cc1ccc(N)cc1S(=O)(=O)CCn1cccn1. The molecule has 0 spiro atoms. The maximum atomic E-state index is 12.2. The first-order chi connectivity index (χ1) is 8.49. The lowest BCUT2D eigenvalue weighted by atomic mass is 10.2. The van der Waals surface area contributed by atoms with Gasteiger partial charge in [-0.3, -0.25) is 4.68 Å². The number of anilines is 1. The van der Waals surface area contributed by atoms with Gasteiger partial charge in [-0.15, -0.1) is 0 Å². The van der Waals surface area contributed by atoms with Gasteiger partial charge in [-0.05, 0) is 30.7 Å². The number of sulfone groups is 1. The summed E-state index contributed by atoms with van der Waals surface area (Å²) < 4.78 is 26.0. The van der Waals surface area contributed by atoms with E-state index in [2.05, 4.69) is 5.10 Å². The number of nitrogens with zero attached hydrogens (tertiary/aromatic N) is 2. The highest BCUT2D eigenvalue weighted by molar-refractivity contribution is 7.91. The summed E-state index contributed by atoms with van der Waals surface area (Å²) in [4.78, 5) is 0.301. The lowest BCUT2D eigenvalue weighted by molar-refractivity contribution is 0.580. The number of nitrogen functional groups attached to an aromatic ring is 1. The summed E-state index contributed by atoms with van der Waals surface area (Å²) in [6, 6.07) is 6.68. The van der Waals surface area contributed by atoms with Crippen LogP contribution in [0.25, 0.3) is 0 Å². The maximum absolute atomic E-state index is 12.2. The molecule has 1 aromatic heterocycles. The number of nitrogens with two attached hydrogens (primary N) is 1. The van der Waals surface area contributed by atoms with Crippen LogP contribution in [0, 0.1) is 6.92 Å². The van der Waals surface area contributed by atoms with Crippen molar-refractivity contribution in [3.05, 3.63) is 42.2 Å². The first-order valence-corrected chi connectivity index (χ1v) is 7.20. The largest absolute Gasteiger partial charge is 0.399 e. The summed E-state index contributed by atoms with van der Waals surface area (Å²) in [7, 11) is -3.33. The quantitative estimate of drug-likeness (QED) is 0.844. The highest BCUT2D eigenvalue weighted by atomic mass is 32.2. The fraction of sp³-hybridized carbons (Fsp3) is 0.250. The predicted molar refractivity (Wildman–Crippen MR) is 69.9 cm³/mol. The van der Waals surface area contributed by atoms with Crippen molar-refractivity contribution in [3.8, 4) is 0 Å². The zero-order chi connectivity index (χ0) is 13.2. The standard InChI is InChI=1S/C12H15N3O2S/c1-10-3-4-11(13)9-12(10)18(16,17)8-7-15-6-2-5-14-15/h2-6,9H,7-8,13H2,1H3. The molecule has 0 fully saturated rings. The zero-order valence-corrected chi connectivity index (χ0v) is 10.9. The molecular formula is C12H15N3O2S. The molecule has 18 heavy (non-hydrogen) atoms. The molecule has 0 aliphatic carbocycles. The number of rotatable bonds is 4. The van der Waals surface area contributed by atoms with Crippen molar-refractivity contribution in [2.75, 3.05) is 11.5 Å². The molecule has 1 aromatic carbocycles. The van der Waals surface area contributed by atoms with Crippen molar-refractivity contribution in [2.24, 2.45) is 0 Å². The van der Waals surface area contributed by atoms with E-state index in [1.54, 1.807) is 42.2 Å². The van der Waals surface area contributed by atoms with Crippen molar-refractivity contribution < 1.29 is 8.42 Å². The van der Waals surface area contributed by atoms with Crippen LogP contribution in [0.1, 0.15) is 5.56 Å².